The van der Waals surface area contributed by atoms with E-state index in [0.717, 1.165) is 28.4 Å². The van der Waals surface area contributed by atoms with Crippen LogP contribution in [0.1, 0.15) is 12.8 Å². The van der Waals surface area contributed by atoms with Gasteiger partial charge in [0.1, 0.15) is 17.2 Å². The maximum atomic E-state index is 4.84. The summed E-state index contributed by atoms with van der Waals surface area (Å²) >= 11 is 0. The van der Waals surface area contributed by atoms with Crippen molar-refractivity contribution in [3.05, 3.63) is 67.4 Å². The standard InChI is InChI=1S/C19H17N5/c1-2-11-24-17(3-1)22-18(19(24)21-15-6-7-15)14-4-8-16(9-5-14)23-12-10-20-13-23/h1-5,8-13,15,21H,6-7H2. The normalized spacial score (nSPS) is 14.2. The molecule has 24 heavy (non-hydrogen) atoms. The van der Waals surface area contributed by atoms with Gasteiger partial charge in [0.25, 0.3) is 0 Å². The Morgan fingerprint density at radius 2 is 1.88 bits per heavy atom. The largest absolute Gasteiger partial charge is 0.367 e. The van der Waals surface area contributed by atoms with Crippen LogP contribution in [0.4, 0.5) is 5.82 Å². The van der Waals surface area contributed by atoms with Crippen LogP contribution < -0.4 is 5.32 Å². The molecule has 4 aromatic rings. The molecule has 0 amide bonds. The van der Waals surface area contributed by atoms with Crippen LogP contribution in [0.25, 0.3) is 22.6 Å². The van der Waals surface area contributed by atoms with Gasteiger partial charge in [-0.3, -0.25) is 4.40 Å². The second-order valence-corrected chi connectivity index (χ2v) is 6.17. The fraction of sp³-hybridized carbons (Fsp3) is 0.158. The monoisotopic (exact) mass is 315 g/mol. The van der Waals surface area contributed by atoms with Crippen molar-refractivity contribution >= 4 is 11.5 Å². The first-order valence-corrected chi connectivity index (χ1v) is 8.21. The van der Waals surface area contributed by atoms with Crippen molar-refractivity contribution in [2.24, 2.45) is 0 Å². The summed E-state index contributed by atoms with van der Waals surface area (Å²) in [5.74, 6) is 1.09. The van der Waals surface area contributed by atoms with E-state index in [9.17, 15) is 0 Å². The SMILES string of the molecule is c1ccn2c(NC3CC3)c(-c3ccc(-n4ccnc4)cc3)nc2c1. The number of rotatable bonds is 4. The number of fused-ring (bicyclic) bond motifs is 1. The minimum Gasteiger partial charge on any atom is -0.367 e. The van der Waals surface area contributed by atoms with E-state index in [-0.39, 0.29) is 0 Å². The molecule has 1 saturated carbocycles. The molecule has 1 fully saturated rings. The number of imidazole rings is 2. The predicted molar refractivity (Wildman–Crippen MR) is 94.4 cm³/mol. The molecule has 0 spiro atoms. The summed E-state index contributed by atoms with van der Waals surface area (Å²) in [6, 6.07) is 15.1. The molecule has 0 atom stereocenters. The van der Waals surface area contributed by atoms with Crippen LogP contribution in [0.3, 0.4) is 0 Å². The second-order valence-electron chi connectivity index (χ2n) is 6.17. The van der Waals surface area contributed by atoms with Gasteiger partial charge in [0.2, 0.25) is 0 Å². The van der Waals surface area contributed by atoms with Gasteiger partial charge in [0.05, 0.1) is 6.33 Å². The second kappa shape index (κ2) is 5.23. The van der Waals surface area contributed by atoms with E-state index < -0.39 is 0 Å². The van der Waals surface area contributed by atoms with Crippen molar-refractivity contribution in [2.75, 3.05) is 5.32 Å². The highest BCUT2D eigenvalue weighted by atomic mass is 15.2. The van der Waals surface area contributed by atoms with E-state index in [1.54, 1.807) is 12.5 Å². The lowest BCUT2D eigenvalue weighted by molar-refractivity contribution is 1.06. The Kier molecular flexibility index (Phi) is 2.91. The summed E-state index contributed by atoms with van der Waals surface area (Å²) in [6.45, 7) is 0. The van der Waals surface area contributed by atoms with E-state index >= 15 is 0 Å². The molecule has 0 aliphatic heterocycles. The molecule has 0 bridgehead atoms. The Balaban J connectivity index is 1.60. The number of nitrogens with one attached hydrogen (secondary N) is 1. The highest BCUT2D eigenvalue weighted by Gasteiger charge is 2.24. The first-order chi connectivity index (χ1) is 11.9. The number of nitrogens with zero attached hydrogens (tertiary/aromatic N) is 4. The van der Waals surface area contributed by atoms with Gasteiger partial charge in [-0.25, -0.2) is 9.97 Å². The van der Waals surface area contributed by atoms with E-state index in [1.807, 2.05) is 29.0 Å². The maximum Gasteiger partial charge on any atom is 0.139 e. The quantitative estimate of drug-likeness (QED) is 0.624. The average molecular weight is 315 g/mol. The Labute approximate surface area is 139 Å². The molecular weight excluding hydrogens is 298 g/mol. The molecule has 0 saturated heterocycles. The molecule has 5 rings (SSSR count). The van der Waals surface area contributed by atoms with Gasteiger partial charge in [0, 0.05) is 35.9 Å². The molecule has 5 nitrogen and oxygen atoms in total. The molecule has 0 unspecified atom stereocenters. The first kappa shape index (κ1) is 13.4. The van der Waals surface area contributed by atoms with Gasteiger partial charge in [-0.1, -0.05) is 18.2 Å². The van der Waals surface area contributed by atoms with Gasteiger partial charge in [0.15, 0.2) is 0 Å². The molecule has 3 heterocycles. The van der Waals surface area contributed by atoms with Gasteiger partial charge in [-0.15, -0.1) is 0 Å². The zero-order valence-electron chi connectivity index (χ0n) is 13.1. The zero-order valence-corrected chi connectivity index (χ0v) is 13.1. The molecule has 3 aromatic heterocycles. The van der Waals surface area contributed by atoms with Crippen LogP contribution >= 0.6 is 0 Å². The minimum atomic E-state index is 0.578. The smallest absolute Gasteiger partial charge is 0.139 e. The fourth-order valence-electron chi connectivity index (χ4n) is 2.96. The highest BCUT2D eigenvalue weighted by Crippen LogP contribution is 2.33. The number of aromatic nitrogens is 4. The number of hydrogen-bond donors (Lipinski definition) is 1. The molecule has 118 valence electrons. The Morgan fingerprint density at radius 1 is 1.00 bits per heavy atom. The number of hydrogen-bond acceptors (Lipinski definition) is 3. The number of benzene rings is 1. The Bertz CT molecular complexity index is 978. The molecular formula is C19H17N5. The average Bonchev–Trinajstić information content (AvgIpc) is 3.14. The van der Waals surface area contributed by atoms with Crippen LogP contribution in [0, 0.1) is 0 Å². The van der Waals surface area contributed by atoms with Crippen LogP contribution in [0.5, 0.6) is 0 Å². The van der Waals surface area contributed by atoms with Crippen molar-refractivity contribution in [3.8, 4) is 16.9 Å². The lowest BCUT2D eigenvalue weighted by Gasteiger charge is -2.08. The highest BCUT2D eigenvalue weighted by molar-refractivity contribution is 5.77. The van der Waals surface area contributed by atoms with Gasteiger partial charge in [-0.05, 0) is 37.1 Å². The van der Waals surface area contributed by atoms with E-state index in [1.165, 1.54) is 12.8 Å². The summed E-state index contributed by atoms with van der Waals surface area (Å²) in [5.41, 5.74) is 4.18. The molecule has 1 aromatic carbocycles. The van der Waals surface area contributed by atoms with Crippen LogP contribution in [-0.2, 0) is 0 Å². The van der Waals surface area contributed by atoms with Crippen molar-refractivity contribution in [3.63, 3.8) is 0 Å². The fourth-order valence-corrected chi connectivity index (χ4v) is 2.96. The number of anilines is 1. The van der Waals surface area contributed by atoms with E-state index in [0.29, 0.717) is 6.04 Å². The maximum absolute atomic E-state index is 4.84. The van der Waals surface area contributed by atoms with Crippen molar-refractivity contribution in [2.45, 2.75) is 18.9 Å². The van der Waals surface area contributed by atoms with Gasteiger partial charge in [-0.2, -0.15) is 0 Å². The van der Waals surface area contributed by atoms with Gasteiger partial charge < -0.3 is 9.88 Å². The summed E-state index contributed by atoms with van der Waals surface area (Å²) in [4.78, 5) is 8.94. The molecule has 1 aliphatic carbocycles. The summed E-state index contributed by atoms with van der Waals surface area (Å²) in [7, 11) is 0. The molecule has 5 heteroatoms. The summed E-state index contributed by atoms with van der Waals surface area (Å²) in [6.07, 6.45) is 10.1. The van der Waals surface area contributed by atoms with Crippen LogP contribution in [-0.4, -0.2) is 25.0 Å². The first-order valence-electron chi connectivity index (χ1n) is 8.21. The third-order valence-corrected chi connectivity index (χ3v) is 4.39. The third-order valence-electron chi connectivity index (χ3n) is 4.39. The molecule has 0 radical (unpaired) electrons. The van der Waals surface area contributed by atoms with Crippen LogP contribution in [0.2, 0.25) is 0 Å². The lowest BCUT2D eigenvalue weighted by Crippen LogP contribution is -2.04. The number of pyridine rings is 1. The topological polar surface area (TPSA) is 47.1 Å². The predicted octanol–water partition coefficient (Wildman–Crippen LogP) is 3.76. The van der Waals surface area contributed by atoms with Crippen molar-refractivity contribution < 1.29 is 0 Å². The Hall–Kier alpha value is -3.08. The van der Waals surface area contributed by atoms with Crippen LogP contribution in [0.15, 0.2) is 67.4 Å². The minimum absolute atomic E-state index is 0.578. The zero-order chi connectivity index (χ0) is 15.9. The third kappa shape index (κ3) is 2.25. The van der Waals surface area contributed by atoms with Gasteiger partial charge >= 0.3 is 0 Å². The summed E-state index contributed by atoms with van der Waals surface area (Å²) in [5, 5.41) is 3.63. The lowest BCUT2D eigenvalue weighted by atomic mass is 10.1. The van der Waals surface area contributed by atoms with E-state index in [2.05, 4.69) is 45.2 Å². The van der Waals surface area contributed by atoms with E-state index in [4.69, 9.17) is 4.98 Å². The van der Waals surface area contributed by atoms with Crippen molar-refractivity contribution in [1.29, 1.82) is 0 Å². The molecule has 1 aliphatic rings. The summed E-state index contributed by atoms with van der Waals surface area (Å²) < 4.78 is 4.13. The Morgan fingerprint density at radius 3 is 2.62 bits per heavy atom. The van der Waals surface area contributed by atoms with Crippen molar-refractivity contribution in [1.82, 2.24) is 18.9 Å². The molecule has 1 N–H and O–H groups in total.